The fourth-order valence-electron chi connectivity index (χ4n) is 2.19. The van der Waals surface area contributed by atoms with Crippen molar-refractivity contribution in [2.24, 2.45) is 0 Å². The third-order valence-electron chi connectivity index (χ3n) is 3.11. The van der Waals surface area contributed by atoms with Crippen molar-refractivity contribution in [1.82, 2.24) is 5.32 Å². The fraction of sp³-hybridized carbons (Fsp3) is 0.583. The molecule has 2 heterocycles. The molecule has 0 aromatic carbocycles. The van der Waals surface area contributed by atoms with Gasteiger partial charge in [-0.25, -0.2) is 8.42 Å². The first-order valence-corrected chi connectivity index (χ1v) is 9.34. The largest absolute Gasteiger partial charge is 0.375 e. The molecule has 1 amide bonds. The molecule has 0 aliphatic carbocycles. The minimum Gasteiger partial charge on any atom is -0.375 e. The number of amides is 1. The smallest absolute Gasteiger partial charge is 0.270 e. The molecular formula is C12H16ClNO4S2. The summed E-state index contributed by atoms with van der Waals surface area (Å²) in [5.41, 5.74) is 0.0636. The Bertz CT molecular complexity index is 609. The minimum atomic E-state index is -3.78. The number of halogens is 1. The van der Waals surface area contributed by atoms with Gasteiger partial charge in [-0.1, -0.05) is 0 Å². The van der Waals surface area contributed by atoms with E-state index >= 15 is 0 Å². The summed E-state index contributed by atoms with van der Waals surface area (Å²) in [5, 5.41) is 4.40. The number of hydrogen-bond donors (Lipinski definition) is 1. The van der Waals surface area contributed by atoms with Gasteiger partial charge in [0.05, 0.1) is 11.2 Å². The average Bonchev–Trinajstić information content (AvgIpc) is 2.76. The fourth-order valence-corrected chi connectivity index (χ4v) is 4.13. The third kappa shape index (κ3) is 3.94. The molecule has 2 rings (SSSR count). The minimum absolute atomic E-state index is 0.0170. The van der Waals surface area contributed by atoms with Gasteiger partial charge in [-0.3, -0.25) is 4.79 Å². The lowest BCUT2D eigenvalue weighted by Crippen LogP contribution is -2.45. The van der Waals surface area contributed by atoms with Gasteiger partial charge in [0.25, 0.3) is 15.0 Å². The molecule has 0 radical (unpaired) electrons. The Labute approximate surface area is 126 Å². The molecule has 1 aliphatic rings. The summed E-state index contributed by atoms with van der Waals surface area (Å²) in [5.74, 6) is -0.282. The number of carbonyl (C=O) groups excluding carboxylic acids is 1. The lowest BCUT2D eigenvalue weighted by atomic mass is 9.94. The first-order valence-electron chi connectivity index (χ1n) is 6.15. The summed E-state index contributed by atoms with van der Waals surface area (Å²) in [6.07, 6.45) is 1.48. The van der Waals surface area contributed by atoms with Gasteiger partial charge in [0.15, 0.2) is 0 Å². The topological polar surface area (TPSA) is 72.5 Å². The van der Waals surface area contributed by atoms with Crippen LogP contribution in [0.2, 0.25) is 0 Å². The predicted octanol–water partition coefficient (Wildman–Crippen LogP) is 2.36. The van der Waals surface area contributed by atoms with Crippen LogP contribution in [-0.4, -0.2) is 32.6 Å². The van der Waals surface area contributed by atoms with Crippen LogP contribution >= 0.6 is 22.0 Å². The summed E-state index contributed by atoms with van der Waals surface area (Å²) in [4.78, 5) is 12.1. The lowest BCUT2D eigenvalue weighted by molar-refractivity contribution is -0.0615. The van der Waals surface area contributed by atoms with E-state index in [0.29, 0.717) is 12.2 Å². The Hall–Kier alpha value is -0.630. The van der Waals surface area contributed by atoms with Crippen molar-refractivity contribution in [3.63, 3.8) is 0 Å². The van der Waals surface area contributed by atoms with E-state index in [1.807, 2.05) is 13.8 Å². The van der Waals surface area contributed by atoms with Crippen LogP contribution in [0.25, 0.3) is 0 Å². The lowest BCUT2D eigenvalue weighted by Gasteiger charge is -2.35. The maximum absolute atomic E-state index is 12.1. The highest BCUT2D eigenvalue weighted by molar-refractivity contribution is 8.15. The Morgan fingerprint density at radius 1 is 1.55 bits per heavy atom. The zero-order chi connectivity index (χ0) is 15.0. The van der Waals surface area contributed by atoms with Gasteiger partial charge in [0.2, 0.25) is 0 Å². The van der Waals surface area contributed by atoms with Crippen LogP contribution in [0.4, 0.5) is 0 Å². The standard InChI is InChI=1S/C12H16ClNO4S2/c1-12(2)6-9(3-4-18-12)14-11(15)8-5-10(19-7-8)20(13,16)17/h5,7,9H,3-4,6H2,1-2H3,(H,14,15). The zero-order valence-corrected chi connectivity index (χ0v) is 13.6. The molecule has 0 saturated carbocycles. The molecule has 1 N–H and O–H groups in total. The second kappa shape index (κ2) is 5.63. The molecule has 1 aromatic rings. The average molecular weight is 338 g/mol. The van der Waals surface area contributed by atoms with E-state index < -0.39 is 9.05 Å². The van der Waals surface area contributed by atoms with Crippen LogP contribution in [0.5, 0.6) is 0 Å². The predicted molar refractivity (Wildman–Crippen MR) is 77.9 cm³/mol. The molecule has 1 fully saturated rings. The van der Waals surface area contributed by atoms with E-state index in [-0.39, 0.29) is 21.8 Å². The molecule has 1 unspecified atom stereocenters. The third-order valence-corrected chi connectivity index (χ3v) is 6.15. The summed E-state index contributed by atoms with van der Waals surface area (Å²) in [7, 11) is 1.46. The number of hydrogen-bond acceptors (Lipinski definition) is 5. The molecule has 8 heteroatoms. The van der Waals surface area contributed by atoms with Crippen LogP contribution in [0.15, 0.2) is 15.7 Å². The van der Waals surface area contributed by atoms with E-state index in [9.17, 15) is 13.2 Å². The summed E-state index contributed by atoms with van der Waals surface area (Å²) < 4.78 is 27.9. The summed E-state index contributed by atoms with van der Waals surface area (Å²) >= 11 is 0.941. The zero-order valence-electron chi connectivity index (χ0n) is 11.2. The summed E-state index contributed by atoms with van der Waals surface area (Å²) in [6, 6.07) is 1.33. The van der Waals surface area contributed by atoms with Crippen LogP contribution in [0.3, 0.4) is 0 Å². The molecular weight excluding hydrogens is 322 g/mol. The second-order valence-electron chi connectivity index (χ2n) is 5.36. The van der Waals surface area contributed by atoms with Gasteiger partial charge in [-0.05, 0) is 32.8 Å². The molecule has 20 heavy (non-hydrogen) atoms. The van der Waals surface area contributed by atoms with Gasteiger partial charge < -0.3 is 10.1 Å². The van der Waals surface area contributed by atoms with Crippen LogP contribution in [-0.2, 0) is 13.8 Å². The van der Waals surface area contributed by atoms with Crippen LogP contribution in [0, 0.1) is 0 Å². The van der Waals surface area contributed by atoms with Crippen LogP contribution in [0.1, 0.15) is 37.0 Å². The quantitative estimate of drug-likeness (QED) is 0.859. The highest BCUT2D eigenvalue weighted by Gasteiger charge is 2.30. The van der Waals surface area contributed by atoms with Crippen molar-refractivity contribution in [2.45, 2.75) is 42.5 Å². The van der Waals surface area contributed by atoms with E-state index in [4.69, 9.17) is 15.4 Å². The molecule has 0 spiro atoms. The number of ether oxygens (including phenoxy) is 1. The van der Waals surface area contributed by atoms with Crippen molar-refractivity contribution in [2.75, 3.05) is 6.61 Å². The SMILES string of the molecule is CC1(C)CC(NC(=O)c2csc(S(=O)(=O)Cl)c2)CCO1. The van der Waals surface area contributed by atoms with Crippen LogP contribution < -0.4 is 5.32 Å². The highest BCUT2D eigenvalue weighted by Crippen LogP contribution is 2.26. The Balaban J connectivity index is 2.03. The molecule has 1 saturated heterocycles. The molecule has 0 bridgehead atoms. The molecule has 112 valence electrons. The van der Waals surface area contributed by atoms with Gasteiger partial charge >= 0.3 is 0 Å². The van der Waals surface area contributed by atoms with Crippen molar-refractivity contribution < 1.29 is 17.9 Å². The maximum Gasteiger partial charge on any atom is 0.270 e. The van der Waals surface area contributed by atoms with Crippen molar-refractivity contribution in [3.8, 4) is 0 Å². The number of nitrogens with one attached hydrogen (secondary N) is 1. The summed E-state index contributed by atoms with van der Waals surface area (Å²) in [6.45, 7) is 4.56. The first-order chi connectivity index (χ1) is 9.17. The maximum atomic E-state index is 12.1. The van der Waals surface area contributed by atoms with Gasteiger partial charge in [-0.2, -0.15) is 0 Å². The first kappa shape index (κ1) is 15.8. The van der Waals surface area contributed by atoms with E-state index in [1.165, 1.54) is 11.4 Å². The molecule has 1 atom stereocenters. The highest BCUT2D eigenvalue weighted by atomic mass is 35.7. The Morgan fingerprint density at radius 3 is 2.80 bits per heavy atom. The van der Waals surface area contributed by atoms with E-state index in [1.54, 1.807) is 0 Å². The number of carbonyl (C=O) groups is 1. The van der Waals surface area contributed by atoms with Gasteiger partial charge in [0, 0.05) is 28.7 Å². The van der Waals surface area contributed by atoms with E-state index in [0.717, 1.165) is 24.2 Å². The van der Waals surface area contributed by atoms with E-state index in [2.05, 4.69) is 5.32 Å². The Kier molecular flexibility index (Phi) is 4.44. The number of rotatable bonds is 3. The van der Waals surface area contributed by atoms with Crippen molar-refractivity contribution in [1.29, 1.82) is 0 Å². The van der Waals surface area contributed by atoms with Crippen molar-refractivity contribution >= 4 is 37.0 Å². The molecule has 5 nitrogen and oxygen atoms in total. The monoisotopic (exact) mass is 337 g/mol. The molecule has 1 aromatic heterocycles. The normalized spacial score (nSPS) is 22.4. The number of thiophene rings is 1. The Morgan fingerprint density at radius 2 is 2.25 bits per heavy atom. The van der Waals surface area contributed by atoms with Crippen molar-refractivity contribution in [3.05, 3.63) is 17.0 Å². The molecule has 1 aliphatic heterocycles. The van der Waals surface area contributed by atoms with Gasteiger partial charge in [-0.15, -0.1) is 11.3 Å². The second-order valence-corrected chi connectivity index (χ2v) is 9.07. The van der Waals surface area contributed by atoms with Gasteiger partial charge in [0.1, 0.15) is 4.21 Å².